The van der Waals surface area contributed by atoms with Crippen molar-refractivity contribution in [3.8, 4) is 0 Å². The molecule has 0 amide bonds. The summed E-state index contributed by atoms with van der Waals surface area (Å²) < 4.78 is 0. The Morgan fingerprint density at radius 1 is 1.12 bits per heavy atom. The van der Waals surface area contributed by atoms with Gasteiger partial charge in [-0.15, -0.1) is 0 Å². The second-order valence-electron chi connectivity index (χ2n) is 4.59. The van der Waals surface area contributed by atoms with E-state index in [9.17, 15) is 4.79 Å². The standard InChI is InChI=1S/C16H22O/c1-4-5-6-7-15-8-10-16(11-9-15)13(2)12-14(3)17/h8-12H,4-7H2,1-3H3/b13-12+. The fourth-order valence-electron chi connectivity index (χ4n) is 1.90. The Balaban J connectivity index is 2.64. The normalized spacial score (nSPS) is 11.6. The molecular weight excluding hydrogens is 208 g/mol. The summed E-state index contributed by atoms with van der Waals surface area (Å²) in [5, 5.41) is 0. The zero-order valence-electron chi connectivity index (χ0n) is 11.1. The summed E-state index contributed by atoms with van der Waals surface area (Å²) >= 11 is 0. The maximum absolute atomic E-state index is 11.0. The second kappa shape index (κ2) is 7.05. The molecule has 0 radical (unpaired) electrons. The van der Waals surface area contributed by atoms with Crippen LogP contribution in [-0.4, -0.2) is 5.78 Å². The molecule has 0 fully saturated rings. The minimum Gasteiger partial charge on any atom is -0.295 e. The smallest absolute Gasteiger partial charge is 0.152 e. The van der Waals surface area contributed by atoms with Crippen LogP contribution < -0.4 is 0 Å². The van der Waals surface area contributed by atoms with Gasteiger partial charge in [0.1, 0.15) is 0 Å². The van der Waals surface area contributed by atoms with Crippen LogP contribution in [0.25, 0.3) is 5.57 Å². The molecule has 1 aromatic carbocycles. The number of carbonyl (C=O) groups is 1. The van der Waals surface area contributed by atoms with E-state index in [1.807, 2.05) is 6.92 Å². The molecule has 92 valence electrons. The van der Waals surface area contributed by atoms with Gasteiger partial charge in [-0.25, -0.2) is 0 Å². The lowest BCUT2D eigenvalue weighted by molar-refractivity contribution is -0.112. The van der Waals surface area contributed by atoms with Crippen LogP contribution in [0.2, 0.25) is 0 Å². The molecule has 0 saturated heterocycles. The minimum atomic E-state index is 0.106. The predicted octanol–water partition coefficient (Wildman–Crippen LogP) is 4.41. The molecule has 0 bridgehead atoms. The summed E-state index contributed by atoms with van der Waals surface area (Å²) in [6, 6.07) is 8.55. The number of carbonyl (C=O) groups excluding carboxylic acids is 1. The highest BCUT2D eigenvalue weighted by atomic mass is 16.1. The fourth-order valence-corrected chi connectivity index (χ4v) is 1.90. The highest BCUT2D eigenvalue weighted by molar-refractivity contribution is 5.94. The lowest BCUT2D eigenvalue weighted by atomic mass is 10.0. The third-order valence-electron chi connectivity index (χ3n) is 2.90. The minimum absolute atomic E-state index is 0.106. The summed E-state index contributed by atoms with van der Waals surface area (Å²) in [6.07, 6.45) is 6.66. The van der Waals surface area contributed by atoms with Crippen molar-refractivity contribution in [2.45, 2.75) is 46.5 Å². The average molecular weight is 230 g/mol. The summed E-state index contributed by atoms with van der Waals surface area (Å²) in [5.41, 5.74) is 3.56. The number of rotatable bonds is 6. The molecule has 0 aliphatic heterocycles. The number of unbranched alkanes of at least 4 members (excludes halogenated alkanes) is 2. The third kappa shape index (κ3) is 4.99. The first kappa shape index (κ1) is 13.7. The first-order chi connectivity index (χ1) is 8.13. The summed E-state index contributed by atoms with van der Waals surface area (Å²) in [7, 11) is 0. The van der Waals surface area contributed by atoms with E-state index >= 15 is 0 Å². The Bertz CT molecular complexity index is 384. The molecule has 1 rings (SSSR count). The van der Waals surface area contributed by atoms with E-state index in [0.29, 0.717) is 0 Å². The number of aryl methyl sites for hydroxylation is 1. The van der Waals surface area contributed by atoms with Gasteiger partial charge in [0, 0.05) is 0 Å². The van der Waals surface area contributed by atoms with Gasteiger partial charge in [-0.2, -0.15) is 0 Å². The largest absolute Gasteiger partial charge is 0.295 e. The SMILES string of the molecule is CCCCCc1ccc(/C(C)=C/C(C)=O)cc1. The van der Waals surface area contributed by atoms with E-state index in [1.54, 1.807) is 13.0 Å². The van der Waals surface area contributed by atoms with Crippen LogP contribution in [0.5, 0.6) is 0 Å². The highest BCUT2D eigenvalue weighted by Crippen LogP contribution is 2.15. The van der Waals surface area contributed by atoms with Crippen molar-refractivity contribution in [1.29, 1.82) is 0 Å². The van der Waals surface area contributed by atoms with Crippen molar-refractivity contribution in [3.63, 3.8) is 0 Å². The zero-order chi connectivity index (χ0) is 12.7. The van der Waals surface area contributed by atoms with Crippen LogP contribution in [0.3, 0.4) is 0 Å². The number of ketones is 1. The maximum Gasteiger partial charge on any atom is 0.152 e. The fraction of sp³-hybridized carbons (Fsp3) is 0.438. The van der Waals surface area contributed by atoms with E-state index < -0.39 is 0 Å². The highest BCUT2D eigenvalue weighted by Gasteiger charge is 1.98. The van der Waals surface area contributed by atoms with Crippen molar-refractivity contribution < 1.29 is 4.79 Å². The van der Waals surface area contributed by atoms with Gasteiger partial charge < -0.3 is 0 Å². The molecule has 0 aliphatic carbocycles. The molecule has 0 aromatic heterocycles. The van der Waals surface area contributed by atoms with Gasteiger partial charge in [-0.3, -0.25) is 4.79 Å². The molecule has 0 N–H and O–H groups in total. The zero-order valence-corrected chi connectivity index (χ0v) is 11.1. The Morgan fingerprint density at radius 3 is 2.29 bits per heavy atom. The van der Waals surface area contributed by atoms with Crippen LogP contribution in [0.1, 0.15) is 51.2 Å². The van der Waals surface area contributed by atoms with Crippen LogP contribution in [0.15, 0.2) is 30.3 Å². The van der Waals surface area contributed by atoms with E-state index in [-0.39, 0.29) is 5.78 Å². The molecule has 1 nitrogen and oxygen atoms in total. The molecule has 1 aromatic rings. The Kier molecular flexibility index (Phi) is 5.68. The Labute approximate surface area is 105 Å². The average Bonchev–Trinajstić information content (AvgIpc) is 2.29. The number of hydrogen-bond acceptors (Lipinski definition) is 1. The van der Waals surface area contributed by atoms with E-state index in [4.69, 9.17) is 0 Å². The molecule has 0 spiro atoms. The number of hydrogen-bond donors (Lipinski definition) is 0. The predicted molar refractivity (Wildman–Crippen MR) is 74.0 cm³/mol. The lowest BCUT2D eigenvalue weighted by Gasteiger charge is -2.04. The molecule has 0 aliphatic rings. The van der Waals surface area contributed by atoms with Crippen LogP contribution in [-0.2, 0) is 11.2 Å². The Morgan fingerprint density at radius 2 is 1.76 bits per heavy atom. The van der Waals surface area contributed by atoms with Gasteiger partial charge in [0.05, 0.1) is 0 Å². The van der Waals surface area contributed by atoms with Crippen molar-refractivity contribution in [1.82, 2.24) is 0 Å². The van der Waals surface area contributed by atoms with E-state index in [0.717, 1.165) is 17.6 Å². The lowest BCUT2D eigenvalue weighted by Crippen LogP contribution is -1.89. The topological polar surface area (TPSA) is 17.1 Å². The molecule has 1 heteroatoms. The van der Waals surface area contributed by atoms with Crippen LogP contribution in [0, 0.1) is 0 Å². The second-order valence-corrected chi connectivity index (χ2v) is 4.59. The monoisotopic (exact) mass is 230 g/mol. The van der Waals surface area contributed by atoms with Gasteiger partial charge in [-0.1, -0.05) is 44.0 Å². The van der Waals surface area contributed by atoms with Gasteiger partial charge in [0.15, 0.2) is 5.78 Å². The summed E-state index contributed by atoms with van der Waals surface area (Å²) in [4.78, 5) is 11.0. The van der Waals surface area contributed by atoms with Crippen molar-refractivity contribution in [3.05, 3.63) is 41.5 Å². The van der Waals surface area contributed by atoms with Crippen LogP contribution in [0.4, 0.5) is 0 Å². The summed E-state index contributed by atoms with van der Waals surface area (Å²) in [5.74, 6) is 0.106. The van der Waals surface area contributed by atoms with Crippen molar-refractivity contribution in [2.24, 2.45) is 0 Å². The Hall–Kier alpha value is -1.37. The molecule has 0 heterocycles. The molecular formula is C16H22O. The summed E-state index contributed by atoms with van der Waals surface area (Å²) in [6.45, 7) is 5.79. The van der Waals surface area contributed by atoms with Crippen molar-refractivity contribution >= 4 is 11.4 Å². The van der Waals surface area contributed by atoms with E-state index in [1.165, 1.54) is 24.8 Å². The van der Waals surface area contributed by atoms with Crippen LogP contribution >= 0.6 is 0 Å². The van der Waals surface area contributed by atoms with E-state index in [2.05, 4.69) is 31.2 Å². The number of benzene rings is 1. The maximum atomic E-state index is 11.0. The van der Waals surface area contributed by atoms with Gasteiger partial charge in [0.2, 0.25) is 0 Å². The van der Waals surface area contributed by atoms with Gasteiger partial charge in [0.25, 0.3) is 0 Å². The third-order valence-corrected chi connectivity index (χ3v) is 2.90. The first-order valence-corrected chi connectivity index (χ1v) is 6.41. The molecule has 0 atom stereocenters. The number of allylic oxidation sites excluding steroid dienone is 2. The first-order valence-electron chi connectivity index (χ1n) is 6.41. The van der Waals surface area contributed by atoms with Gasteiger partial charge in [-0.05, 0) is 49.5 Å². The van der Waals surface area contributed by atoms with Gasteiger partial charge >= 0.3 is 0 Å². The quantitative estimate of drug-likeness (QED) is 0.522. The molecule has 0 saturated carbocycles. The molecule has 17 heavy (non-hydrogen) atoms. The molecule has 0 unspecified atom stereocenters. The van der Waals surface area contributed by atoms with Crippen molar-refractivity contribution in [2.75, 3.05) is 0 Å².